The van der Waals surface area contributed by atoms with Crippen LogP contribution in [-0.2, 0) is 13.0 Å². The van der Waals surface area contributed by atoms with Gasteiger partial charge in [0.15, 0.2) is 5.96 Å². The molecule has 1 atom stereocenters. The van der Waals surface area contributed by atoms with Gasteiger partial charge in [0.05, 0.1) is 6.54 Å². The van der Waals surface area contributed by atoms with Gasteiger partial charge in [-0.1, -0.05) is 72.8 Å². The highest BCUT2D eigenvalue weighted by Crippen LogP contribution is 2.20. The maximum Gasteiger partial charge on any atom is 0.248 e. The van der Waals surface area contributed by atoms with Crippen LogP contribution in [0.3, 0.4) is 0 Å². The van der Waals surface area contributed by atoms with Crippen LogP contribution in [0, 0.1) is 0 Å². The molecule has 0 saturated heterocycles. The summed E-state index contributed by atoms with van der Waals surface area (Å²) in [5, 5.41) is 6.82. The molecule has 5 heteroatoms. The average molecular weight is 415 g/mol. The Morgan fingerprint density at radius 2 is 1.52 bits per heavy atom. The smallest absolute Gasteiger partial charge is 0.248 e. The summed E-state index contributed by atoms with van der Waals surface area (Å²) in [4.78, 5) is 15.9. The molecule has 0 aliphatic heterocycles. The molecule has 0 saturated carbocycles. The van der Waals surface area contributed by atoms with Crippen molar-refractivity contribution in [2.45, 2.75) is 25.8 Å². The lowest BCUT2D eigenvalue weighted by Crippen LogP contribution is -2.39. The van der Waals surface area contributed by atoms with E-state index in [0.717, 1.165) is 31.0 Å². The Morgan fingerprint density at radius 3 is 2.13 bits per heavy atom. The first-order valence-corrected chi connectivity index (χ1v) is 10.7. The fraction of sp³-hybridized carbons (Fsp3) is 0.231. The van der Waals surface area contributed by atoms with E-state index < -0.39 is 5.91 Å². The van der Waals surface area contributed by atoms with Crippen molar-refractivity contribution in [1.29, 1.82) is 0 Å². The zero-order valence-corrected chi connectivity index (χ0v) is 17.9. The van der Waals surface area contributed by atoms with Crippen LogP contribution >= 0.6 is 0 Å². The number of amides is 1. The molecule has 160 valence electrons. The highest BCUT2D eigenvalue weighted by atomic mass is 16.1. The summed E-state index contributed by atoms with van der Waals surface area (Å²) < 4.78 is 0. The third kappa shape index (κ3) is 7.00. The molecular weight excluding hydrogens is 384 g/mol. The predicted molar refractivity (Wildman–Crippen MR) is 127 cm³/mol. The summed E-state index contributed by atoms with van der Waals surface area (Å²) >= 11 is 0. The number of carbonyl (C=O) groups is 1. The van der Waals surface area contributed by atoms with Crippen LogP contribution in [0.25, 0.3) is 0 Å². The van der Waals surface area contributed by atoms with Crippen molar-refractivity contribution in [2.24, 2.45) is 10.7 Å². The van der Waals surface area contributed by atoms with Gasteiger partial charge in [-0.3, -0.25) is 4.79 Å². The summed E-state index contributed by atoms with van der Waals surface area (Å²) in [6, 6.07) is 28.4. The molecule has 0 aliphatic rings. The van der Waals surface area contributed by atoms with Crippen molar-refractivity contribution in [3.05, 3.63) is 107 Å². The monoisotopic (exact) mass is 414 g/mol. The minimum atomic E-state index is -0.421. The highest BCUT2D eigenvalue weighted by molar-refractivity contribution is 5.92. The molecule has 0 spiro atoms. The third-order valence-electron chi connectivity index (χ3n) is 5.11. The molecule has 0 radical (unpaired) electrons. The van der Waals surface area contributed by atoms with Gasteiger partial charge in [-0.05, 0) is 42.2 Å². The summed E-state index contributed by atoms with van der Waals surface area (Å²) in [6.45, 7) is 4.12. The Hall–Kier alpha value is -3.60. The normalized spacial score (nSPS) is 12.2. The van der Waals surface area contributed by atoms with Gasteiger partial charge in [0.2, 0.25) is 5.91 Å². The van der Waals surface area contributed by atoms with Gasteiger partial charge in [-0.15, -0.1) is 0 Å². The van der Waals surface area contributed by atoms with E-state index in [2.05, 4.69) is 66.1 Å². The van der Waals surface area contributed by atoms with Crippen molar-refractivity contribution < 1.29 is 4.79 Å². The second-order valence-corrected chi connectivity index (χ2v) is 7.43. The number of nitrogens with one attached hydrogen (secondary N) is 2. The molecule has 1 unspecified atom stereocenters. The molecule has 3 aromatic rings. The van der Waals surface area contributed by atoms with Gasteiger partial charge in [-0.25, -0.2) is 4.99 Å². The molecule has 3 aromatic carbocycles. The number of nitrogens with two attached hydrogens (primary N) is 1. The van der Waals surface area contributed by atoms with E-state index in [1.807, 2.05) is 24.3 Å². The SMILES string of the molecule is CCNC(=NCc1ccc(C(N)=O)cc1)NCC(Cc1ccccc1)c1ccccc1. The minimum Gasteiger partial charge on any atom is -0.366 e. The summed E-state index contributed by atoms with van der Waals surface area (Å²) in [6.07, 6.45) is 0.950. The van der Waals surface area contributed by atoms with E-state index in [1.54, 1.807) is 12.1 Å². The van der Waals surface area contributed by atoms with Gasteiger partial charge in [0.1, 0.15) is 0 Å². The zero-order valence-electron chi connectivity index (χ0n) is 17.9. The topological polar surface area (TPSA) is 79.5 Å². The molecule has 0 aromatic heterocycles. The highest BCUT2D eigenvalue weighted by Gasteiger charge is 2.13. The molecule has 0 bridgehead atoms. The molecule has 5 nitrogen and oxygen atoms in total. The number of aliphatic imine (C=N–C) groups is 1. The van der Waals surface area contributed by atoms with Gasteiger partial charge in [0, 0.05) is 24.6 Å². The van der Waals surface area contributed by atoms with Gasteiger partial charge in [-0.2, -0.15) is 0 Å². The Kier molecular flexibility index (Phi) is 8.23. The lowest BCUT2D eigenvalue weighted by Gasteiger charge is -2.20. The van der Waals surface area contributed by atoms with Crippen molar-refractivity contribution >= 4 is 11.9 Å². The molecule has 4 N–H and O–H groups in total. The Morgan fingerprint density at radius 1 is 0.871 bits per heavy atom. The van der Waals surface area contributed by atoms with Gasteiger partial charge in [0.25, 0.3) is 0 Å². The largest absolute Gasteiger partial charge is 0.366 e. The Balaban J connectivity index is 1.68. The van der Waals surface area contributed by atoms with E-state index in [4.69, 9.17) is 10.7 Å². The second kappa shape index (κ2) is 11.6. The van der Waals surface area contributed by atoms with Crippen molar-refractivity contribution in [3.8, 4) is 0 Å². The Labute approximate surface area is 184 Å². The number of benzene rings is 3. The number of guanidine groups is 1. The van der Waals surface area contributed by atoms with E-state index in [9.17, 15) is 4.79 Å². The van der Waals surface area contributed by atoms with Crippen LogP contribution in [0.2, 0.25) is 0 Å². The zero-order chi connectivity index (χ0) is 21.9. The Bertz CT molecular complexity index is 969. The number of nitrogens with zero attached hydrogens (tertiary/aromatic N) is 1. The summed E-state index contributed by atoms with van der Waals surface area (Å²) in [5.41, 5.74) is 9.45. The molecular formula is C26H30N4O. The quantitative estimate of drug-likeness (QED) is 0.367. The predicted octanol–water partition coefficient (Wildman–Crippen LogP) is 3.87. The number of primary amides is 1. The van der Waals surface area contributed by atoms with Crippen LogP contribution in [0.15, 0.2) is 89.9 Å². The van der Waals surface area contributed by atoms with E-state index >= 15 is 0 Å². The molecule has 0 aliphatic carbocycles. The number of carbonyl (C=O) groups excluding carboxylic acids is 1. The van der Waals surface area contributed by atoms with Crippen LogP contribution in [0.4, 0.5) is 0 Å². The standard InChI is InChI=1S/C26H30N4O/c1-2-28-26(29-18-21-13-15-23(16-14-21)25(27)31)30-19-24(22-11-7-4-8-12-22)17-20-9-5-3-6-10-20/h3-16,24H,2,17-19H2,1H3,(H2,27,31)(H2,28,29,30). The maximum absolute atomic E-state index is 11.2. The van der Waals surface area contributed by atoms with Crippen molar-refractivity contribution in [2.75, 3.05) is 13.1 Å². The first-order valence-electron chi connectivity index (χ1n) is 10.7. The average Bonchev–Trinajstić information content (AvgIpc) is 2.81. The fourth-order valence-electron chi connectivity index (χ4n) is 3.44. The number of hydrogen-bond donors (Lipinski definition) is 3. The number of rotatable bonds is 9. The van der Waals surface area contributed by atoms with E-state index in [-0.39, 0.29) is 0 Å². The lowest BCUT2D eigenvalue weighted by molar-refractivity contribution is 0.100. The maximum atomic E-state index is 11.2. The van der Waals surface area contributed by atoms with Gasteiger partial charge < -0.3 is 16.4 Å². The third-order valence-corrected chi connectivity index (χ3v) is 5.11. The molecule has 1 amide bonds. The van der Waals surface area contributed by atoms with E-state index in [1.165, 1.54) is 11.1 Å². The molecule has 0 fully saturated rings. The lowest BCUT2D eigenvalue weighted by atomic mass is 9.92. The van der Waals surface area contributed by atoms with Gasteiger partial charge >= 0.3 is 0 Å². The van der Waals surface area contributed by atoms with E-state index in [0.29, 0.717) is 18.0 Å². The van der Waals surface area contributed by atoms with Crippen molar-refractivity contribution in [1.82, 2.24) is 10.6 Å². The fourth-order valence-corrected chi connectivity index (χ4v) is 3.44. The van der Waals surface area contributed by atoms with Crippen LogP contribution in [0.1, 0.15) is 39.9 Å². The van der Waals surface area contributed by atoms with Crippen molar-refractivity contribution in [3.63, 3.8) is 0 Å². The molecule has 3 rings (SSSR count). The molecule has 31 heavy (non-hydrogen) atoms. The first kappa shape index (κ1) is 22.1. The second-order valence-electron chi connectivity index (χ2n) is 7.43. The minimum absolute atomic E-state index is 0.322. The van der Waals surface area contributed by atoms with Crippen LogP contribution < -0.4 is 16.4 Å². The number of hydrogen-bond acceptors (Lipinski definition) is 2. The van der Waals surface area contributed by atoms with Crippen LogP contribution in [-0.4, -0.2) is 25.0 Å². The summed E-state index contributed by atoms with van der Waals surface area (Å²) in [5.74, 6) is 0.674. The first-order chi connectivity index (χ1) is 15.2. The van der Waals surface area contributed by atoms with Crippen LogP contribution in [0.5, 0.6) is 0 Å². The summed E-state index contributed by atoms with van der Waals surface area (Å²) in [7, 11) is 0. The molecule has 0 heterocycles.